The molecule has 2 rings (SSSR count). The second kappa shape index (κ2) is 4.06. The van der Waals surface area contributed by atoms with E-state index in [1.54, 1.807) is 0 Å². The normalized spacial score (nSPS) is 28.1. The number of amides is 1. The fourth-order valence-corrected chi connectivity index (χ4v) is 2.38. The van der Waals surface area contributed by atoms with Crippen LogP contribution in [-0.2, 0) is 9.53 Å². The van der Waals surface area contributed by atoms with E-state index in [4.69, 9.17) is 22.7 Å². The van der Waals surface area contributed by atoms with Crippen molar-refractivity contribution >= 4 is 23.1 Å². The Morgan fingerprint density at radius 3 is 2.67 bits per heavy atom. The fourth-order valence-electron chi connectivity index (χ4n) is 2.09. The number of nitrogens with two attached hydrogens (primary N) is 1. The molecule has 2 fully saturated rings. The van der Waals surface area contributed by atoms with Gasteiger partial charge < -0.3 is 15.8 Å². The van der Waals surface area contributed by atoms with Crippen LogP contribution in [0, 0.1) is 5.41 Å². The van der Waals surface area contributed by atoms with E-state index in [1.165, 1.54) is 0 Å². The molecule has 0 aromatic heterocycles. The van der Waals surface area contributed by atoms with E-state index in [-0.39, 0.29) is 11.9 Å². The molecule has 0 spiro atoms. The van der Waals surface area contributed by atoms with Crippen molar-refractivity contribution in [3.63, 3.8) is 0 Å². The number of thiocarbonyl (C=S) groups is 1. The van der Waals surface area contributed by atoms with Gasteiger partial charge in [-0.3, -0.25) is 4.79 Å². The zero-order valence-corrected chi connectivity index (χ0v) is 9.44. The Labute approximate surface area is 94.5 Å². The summed E-state index contributed by atoms with van der Waals surface area (Å²) in [5, 5.41) is 2.97. The van der Waals surface area contributed by atoms with Gasteiger partial charge in [0, 0.05) is 6.61 Å². The van der Waals surface area contributed by atoms with Crippen LogP contribution in [0.3, 0.4) is 0 Å². The average Bonchev–Trinajstić information content (AvgIpc) is 2.53. The number of carbonyl (C=O) groups excluding carboxylic acids is 1. The molecule has 0 aromatic carbocycles. The highest BCUT2D eigenvalue weighted by molar-refractivity contribution is 7.80. The smallest absolute Gasteiger partial charge is 0.233 e. The second-order valence-electron chi connectivity index (χ2n) is 4.33. The summed E-state index contributed by atoms with van der Waals surface area (Å²) in [6.07, 6.45) is 3.51. The maximum atomic E-state index is 12.0. The van der Waals surface area contributed by atoms with Crippen LogP contribution in [0.15, 0.2) is 0 Å². The molecule has 0 radical (unpaired) electrons. The Kier molecular flexibility index (Phi) is 2.93. The Bertz CT molecular complexity index is 283. The number of ether oxygens (including phenoxy) is 1. The van der Waals surface area contributed by atoms with Gasteiger partial charge in [0.05, 0.1) is 23.1 Å². The molecular weight excluding hydrogens is 212 g/mol. The number of carbonyl (C=O) groups is 1. The molecule has 84 valence electrons. The first kappa shape index (κ1) is 10.8. The molecular formula is C10H16N2O2S. The van der Waals surface area contributed by atoms with E-state index in [1.807, 2.05) is 0 Å². The third-order valence-corrected chi connectivity index (χ3v) is 3.77. The van der Waals surface area contributed by atoms with Gasteiger partial charge in [0.25, 0.3) is 0 Å². The minimum atomic E-state index is -0.558. The van der Waals surface area contributed by atoms with Crippen molar-refractivity contribution in [1.29, 1.82) is 0 Å². The highest BCUT2D eigenvalue weighted by Crippen LogP contribution is 2.41. The second-order valence-corrected chi connectivity index (χ2v) is 4.77. The lowest BCUT2D eigenvalue weighted by Crippen LogP contribution is -2.55. The lowest BCUT2D eigenvalue weighted by atomic mass is 9.68. The Morgan fingerprint density at radius 1 is 1.53 bits per heavy atom. The van der Waals surface area contributed by atoms with Crippen molar-refractivity contribution in [2.24, 2.45) is 11.1 Å². The Balaban J connectivity index is 1.96. The molecule has 1 heterocycles. The lowest BCUT2D eigenvalue weighted by Gasteiger charge is -2.39. The fraction of sp³-hybridized carbons (Fsp3) is 0.800. The molecule has 15 heavy (non-hydrogen) atoms. The standard InChI is InChI=1S/C10H16N2O2S/c11-8(15)10(3-1-4-10)9(13)12-7-2-5-14-6-7/h7H,1-6H2,(H2,11,15)(H,12,13). The summed E-state index contributed by atoms with van der Waals surface area (Å²) in [6, 6.07) is 0.143. The first-order valence-electron chi connectivity index (χ1n) is 5.34. The summed E-state index contributed by atoms with van der Waals surface area (Å²) < 4.78 is 5.20. The van der Waals surface area contributed by atoms with Crippen LogP contribution in [0.25, 0.3) is 0 Å². The summed E-state index contributed by atoms with van der Waals surface area (Å²) in [5.74, 6) is -0.00301. The molecule has 0 aromatic rings. The van der Waals surface area contributed by atoms with Gasteiger partial charge in [0.2, 0.25) is 5.91 Å². The van der Waals surface area contributed by atoms with Gasteiger partial charge >= 0.3 is 0 Å². The van der Waals surface area contributed by atoms with Crippen LogP contribution in [0.5, 0.6) is 0 Å². The number of rotatable bonds is 3. The number of hydrogen-bond donors (Lipinski definition) is 2. The van der Waals surface area contributed by atoms with E-state index in [9.17, 15) is 4.79 Å². The zero-order valence-electron chi connectivity index (χ0n) is 8.62. The lowest BCUT2D eigenvalue weighted by molar-refractivity contribution is -0.131. The summed E-state index contributed by atoms with van der Waals surface area (Å²) in [4.78, 5) is 12.3. The largest absolute Gasteiger partial charge is 0.392 e. The number of nitrogens with one attached hydrogen (secondary N) is 1. The molecule has 5 heteroatoms. The third-order valence-electron chi connectivity index (χ3n) is 3.38. The summed E-state index contributed by atoms with van der Waals surface area (Å²) in [7, 11) is 0. The van der Waals surface area contributed by atoms with Gasteiger partial charge in [-0.25, -0.2) is 0 Å². The Morgan fingerprint density at radius 2 is 2.27 bits per heavy atom. The molecule has 1 amide bonds. The van der Waals surface area contributed by atoms with Gasteiger partial charge in [-0.1, -0.05) is 18.6 Å². The van der Waals surface area contributed by atoms with Crippen LogP contribution in [-0.4, -0.2) is 30.2 Å². The van der Waals surface area contributed by atoms with Crippen molar-refractivity contribution in [1.82, 2.24) is 5.32 Å². The highest BCUT2D eigenvalue weighted by Gasteiger charge is 2.47. The highest BCUT2D eigenvalue weighted by atomic mass is 32.1. The topological polar surface area (TPSA) is 64.4 Å². The van der Waals surface area contributed by atoms with Gasteiger partial charge in [-0.05, 0) is 19.3 Å². The van der Waals surface area contributed by atoms with E-state index in [2.05, 4.69) is 5.32 Å². The van der Waals surface area contributed by atoms with Gasteiger partial charge in [-0.2, -0.15) is 0 Å². The maximum absolute atomic E-state index is 12.0. The molecule has 1 unspecified atom stereocenters. The van der Waals surface area contributed by atoms with Crippen molar-refractivity contribution < 1.29 is 9.53 Å². The van der Waals surface area contributed by atoms with E-state index < -0.39 is 5.41 Å². The minimum Gasteiger partial charge on any atom is -0.392 e. The van der Waals surface area contributed by atoms with Crippen molar-refractivity contribution in [3.05, 3.63) is 0 Å². The third kappa shape index (κ3) is 1.86. The predicted molar refractivity (Wildman–Crippen MR) is 60.4 cm³/mol. The number of hydrogen-bond acceptors (Lipinski definition) is 3. The predicted octanol–water partition coefficient (Wildman–Crippen LogP) is 0.348. The molecule has 1 saturated carbocycles. The summed E-state index contributed by atoms with van der Waals surface area (Å²) in [5.41, 5.74) is 5.09. The van der Waals surface area contributed by atoms with Crippen LogP contribution in [0.2, 0.25) is 0 Å². The summed E-state index contributed by atoms with van der Waals surface area (Å²) >= 11 is 4.98. The molecule has 1 aliphatic carbocycles. The van der Waals surface area contributed by atoms with Crippen molar-refractivity contribution in [2.45, 2.75) is 31.7 Å². The van der Waals surface area contributed by atoms with Crippen LogP contribution < -0.4 is 11.1 Å². The van der Waals surface area contributed by atoms with Crippen LogP contribution in [0.1, 0.15) is 25.7 Å². The monoisotopic (exact) mass is 228 g/mol. The van der Waals surface area contributed by atoms with Crippen molar-refractivity contribution in [2.75, 3.05) is 13.2 Å². The molecule has 1 atom stereocenters. The molecule has 2 aliphatic rings. The Hall–Kier alpha value is -0.680. The SMILES string of the molecule is NC(=S)C1(C(=O)NC2CCOC2)CCC1. The van der Waals surface area contributed by atoms with Gasteiger partial charge in [0.15, 0.2) is 0 Å². The first-order valence-corrected chi connectivity index (χ1v) is 5.74. The van der Waals surface area contributed by atoms with Crippen LogP contribution >= 0.6 is 12.2 Å². The molecule has 0 bridgehead atoms. The quantitative estimate of drug-likeness (QED) is 0.684. The minimum absolute atomic E-state index is 0.00301. The van der Waals surface area contributed by atoms with Crippen molar-refractivity contribution in [3.8, 4) is 0 Å². The van der Waals surface area contributed by atoms with Gasteiger partial charge in [-0.15, -0.1) is 0 Å². The van der Waals surface area contributed by atoms with E-state index in [0.29, 0.717) is 11.6 Å². The van der Waals surface area contributed by atoms with E-state index >= 15 is 0 Å². The average molecular weight is 228 g/mol. The molecule has 3 N–H and O–H groups in total. The van der Waals surface area contributed by atoms with Gasteiger partial charge in [0.1, 0.15) is 0 Å². The van der Waals surface area contributed by atoms with E-state index in [0.717, 1.165) is 32.3 Å². The molecule has 1 aliphatic heterocycles. The van der Waals surface area contributed by atoms with Crippen LogP contribution in [0.4, 0.5) is 0 Å². The maximum Gasteiger partial charge on any atom is 0.233 e. The molecule has 1 saturated heterocycles. The first-order chi connectivity index (χ1) is 7.15. The molecule has 4 nitrogen and oxygen atoms in total. The summed E-state index contributed by atoms with van der Waals surface area (Å²) in [6.45, 7) is 1.34. The zero-order chi connectivity index (χ0) is 10.9.